The number of carbonyl (C=O) groups excluding carboxylic acids is 1. The highest BCUT2D eigenvalue weighted by molar-refractivity contribution is 7.84. The van der Waals surface area contributed by atoms with E-state index in [0.717, 1.165) is 5.56 Å². The summed E-state index contributed by atoms with van der Waals surface area (Å²) >= 11 is 12.2. The number of nitrogens with one attached hydrogen (secondary N) is 1. The van der Waals surface area contributed by atoms with Gasteiger partial charge in [0.1, 0.15) is 11.5 Å². The summed E-state index contributed by atoms with van der Waals surface area (Å²) in [5, 5.41) is 3.83. The molecule has 0 spiro atoms. The second-order valence-electron chi connectivity index (χ2n) is 6.10. The van der Waals surface area contributed by atoms with Gasteiger partial charge in [-0.1, -0.05) is 53.5 Å². The average Bonchev–Trinajstić information content (AvgIpc) is 3.01. The van der Waals surface area contributed by atoms with Gasteiger partial charge in [-0.2, -0.15) is 0 Å². The van der Waals surface area contributed by atoms with Crippen molar-refractivity contribution in [2.45, 2.75) is 19.2 Å². The zero-order chi connectivity index (χ0) is 20.1. The lowest BCUT2D eigenvalue weighted by atomic mass is 10.2. The highest BCUT2D eigenvalue weighted by Gasteiger charge is 2.17. The van der Waals surface area contributed by atoms with E-state index < -0.39 is 10.8 Å². The van der Waals surface area contributed by atoms with Gasteiger partial charge in [-0.05, 0) is 30.7 Å². The van der Waals surface area contributed by atoms with E-state index in [1.807, 2.05) is 30.3 Å². The summed E-state index contributed by atoms with van der Waals surface area (Å²) in [7, 11) is -1.42. The minimum atomic E-state index is -1.42. The van der Waals surface area contributed by atoms with E-state index in [1.54, 1.807) is 25.1 Å². The van der Waals surface area contributed by atoms with Crippen LogP contribution < -0.4 is 5.32 Å². The third-order valence-electron chi connectivity index (χ3n) is 4.02. The molecule has 2 aromatic carbocycles. The van der Waals surface area contributed by atoms with E-state index in [-0.39, 0.29) is 24.0 Å². The molecule has 1 N–H and O–H groups in total. The van der Waals surface area contributed by atoms with Gasteiger partial charge in [0.05, 0.1) is 22.0 Å². The summed E-state index contributed by atoms with van der Waals surface area (Å²) in [6, 6.07) is 14.4. The third kappa shape index (κ3) is 5.22. The van der Waals surface area contributed by atoms with Crippen LogP contribution in [0, 0.1) is 6.92 Å². The van der Waals surface area contributed by atoms with Crippen LogP contribution in [0.15, 0.2) is 52.9 Å². The van der Waals surface area contributed by atoms with Crippen molar-refractivity contribution in [2.24, 2.45) is 0 Å². The second-order valence-corrected chi connectivity index (χ2v) is 8.37. The molecular weight excluding hydrogens is 419 g/mol. The lowest BCUT2D eigenvalue weighted by Crippen LogP contribution is -2.28. The van der Waals surface area contributed by atoms with Crippen LogP contribution >= 0.6 is 23.2 Å². The lowest BCUT2D eigenvalue weighted by molar-refractivity contribution is -0.118. The van der Waals surface area contributed by atoms with Crippen LogP contribution in [0.4, 0.5) is 0 Å². The number of halogens is 2. The number of hydrogen-bond donors (Lipinski definition) is 1. The predicted octanol–water partition coefficient (Wildman–Crippen LogP) is 4.52. The van der Waals surface area contributed by atoms with Crippen LogP contribution in [-0.4, -0.2) is 20.9 Å². The summed E-state index contributed by atoms with van der Waals surface area (Å²) in [5.41, 5.74) is 2.02. The summed E-state index contributed by atoms with van der Waals surface area (Å²) in [6.07, 6.45) is 0. The molecule has 1 aromatic heterocycles. The molecule has 0 fully saturated rings. The monoisotopic (exact) mass is 436 g/mol. The minimum absolute atomic E-state index is 0.124. The fraction of sp³-hybridized carbons (Fsp3) is 0.200. The van der Waals surface area contributed by atoms with Crippen molar-refractivity contribution in [3.05, 3.63) is 75.6 Å². The molecule has 0 aliphatic carbocycles. The van der Waals surface area contributed by atoms with Gasteiger partial charge >= 0.3 is 0 Å². The molecule has 0 saturated heterocycles. The largest absolute Gasteiger partial charge is 0.441 e. The standard InChI is InChI=1S/C20H18Cl2N2O3S/c1-13-18(24-20(27-13)15-7-3-5-9-17(15)22)11-28(26)12-19(25)23-10-14-6-2-4-8-16(14)21/h2-9H,10-12H2,1H3,(H,23,25). The zero-order valence-corrected chi connectivity index (χ0v) is 17.4. The second kappa shape index (κ2) is 9.37. The Labute approximate surface area is 175 Å². The van der Waals surface area contributed by atoms with Crippen molar-refractivity contribution in [3.63, 3.8) is 0 Å². The maximum atomic E-state index is 12.4. The molecule has 1 heterocycles. The molecule has 146 valence electrons. The van der Waals surface area contributed by atoms with Crippen molar-refractivity contribution in [1.29, 1.82) is 0 Å². The van der Waals surface area contributed by atoms with Crippen LogP contribution in [-0.2, 0) is 27.9 Å². The summed E-state index contributed by atoms with van der Waals surface area (Å²) in [6.45, 7) is 2.03. The van der Waals surface area contributed by atoms with Gasteiger partial charge in [0.15, 0.2) is 0 Å². The van der Waals surface area contributed by atoms with Crippen LogP contribution in [0.25, 0.3) is 11.5 Å². The Morgan fingerprint density at radius 2 is 1.79 bits per heavy atom. The molecule has 5 nitrogen and oxygen atoms in total. The van der Waals surface area contributed by atoms with E-state index in [1.165, 1.54) is 0 Å². The third-order valence-corrected chi connectivity index (χ3v) is 5.90. The van der Waals surface area contributed by atoms with Crippen molar-refractivity contribution >= 4 is 39.9 Å². The van der Waals surface area contributed by atoms with E-state index >= 15 is 0 Å². The van der Waals surface area contributed by atoms with Crippen LogP contribution in [0.1, 0.15) is 17.0 Å². The molecule has 1 unspecified atom stereocenters. The maximum absolute atomic E-state index is 12.4. The number of rotatable bonds is 7. The van der Waals surface area contributed by atoms with E-state index in [4.69, 9.17) is 27.6 Å². The lowest BCUT2D eigenvalue weighted by Gasteiger charge is -2.06. The van der Waals surface area contributed by atoms with Gasteiger partial charge in [-0.25, -0.2) is 4.98 Å². The minimum Gasteiger partial charge on any atom is -0.441 e. The number of benzene rings is 2. The summed E-state index contributed by atoms with van der Waals surface area (Å²) < 4.78 is 18.0. The molecule has 0 saturated carbocycles. The Morgan fingerprint density at radius 3 is 2.50 bits per heavy atom. The van der Waals surface area contributed by atoms with Crippen molar-refractivity contribution < 1.29 is 13.4 Å². The first-order valence-corrected chi connectivity index (χ1v) is 10.7. The van der Waals surface area contributed by atoms with Crippen molar-refractivity contribution in [1.82, 2.24) is 10.3 Å². The molecule has 0 aliphatic heterocycles. The van der Waals surface area contributed by atoms with Crippen molar-refractivity contribution in [3.8, 4) is 11.5 Å². The first-order valence-electron chi connectivity index (χ1n) is 8.50. The zero-order valence-electron chi connectivity index (χ0n) is 15.1. The first-order chi connectivity index (χ1) is 13.4. The SMILES string of the molecule is Cc1oc(-c2ccccc2Cl)nc1CS(=O)CC(=O)NCc1ccccc1Cl. The van der Waals surface area contributed by atoms with Crippen LogP contribution in [0.2, 0.25) is 10.0 Å². The van der Waals surface area contributed by atoms with Gasteiger partial charge in [-0.3, -0.25) is 9.00 Å². The number of aryl methyl sites for hydroxylation is 1. The Morgan fingerprint density at radius 1 is 1.11 bits per heavy atom. The van der Waals surface area contributed by atoms with Crippen LogP contribution in [0.3, 0.4) is 0 Å². The normalized spacial score (nSPS) is 12.0. The number of nitrogens with zero attached hydrogens (tertiary/aromatic N) is 1. The van der Waals surface area contributed by atoms with Gasteiger partial charge in [0, 0.05) is 22.4 Å². The number of aromatic nitrogens is 1. The highest BCUT2D eigenvalue weighted by atomic mass is 35.5. The Kier molecular flexibility index (Phi) is 6.88. The number of amides is 1. The molecule has 3 rings (SSSR count). The predicted molar refractivity (Wildman–Crippen MR) is 112 cm³/mol. The van der Waals surface area contributed by atoms with Gasteiger partial charge in [-0.15, -0.1) is 0 Å². The number of oxazole rings is 1. The fourth-order valence-electron chi connectivity index (χ4n) is 2.55. The smallest absolute Gasteiger partial charge is 0.232 e. The van der Waals surface area contributed by atoms with Crippen LogP contribution in [0.5, 0.6) is 0 Å². The van der Waals surface area contributed by atoms with E-state index in [2.05, 4.69) is 10.3 Å². The van der Waals surface area contributed by atoms with E-state index in [0.29, 0.717) is 33.0 Å². The molecule has 1 amide bonds. The Hall–Kier alpha value is -2.15. The quantitative estimate of drug-likeness (QED) is 0.590. The summed E-state index contributed by atoms with van der Waals surface area (Å²) in [4.78, 5) is 16.5. The fourth-order valence-corrected chi connectivity index (χ4v) is 4.04. The van der Waals surface area contributed by atoms with E-state index in [9.17, 15) is 9.00 Å². The van der Waals surface area contributed by atoms with Crippen molar-refractivity contribution in [2.75, 3.05) is 5.75 Å². The number of carbonyl (C=O) groups is 1. The Bertz CT molecular complexity index is 1020. The summed E-state index contributed by atoms with van der Waals surface area (Å²) in [5.74, 6) is 0.612. The highest BCUT2D eigenvalue weighted by Crippen LogP contribution is 2.28. The molecular formula is C20H18Cl2N2O3S. The van der Waals surface area contributed by atoms with Gasteiger partial charge in [0.2, 0.25) is 11.8 Å². The number of hydrogen-bond acceptors (Lipinski definition) is 4. The molecule has 0 radical (unpaired) electrons. The molecule has 28 heavy (non-hydrogen) atoms. The molecule has 1 atom stereocenters. The average molecular weight is 437 g/mol. The molecule has 0 bridgehead atoms. The first kappa shape index (κ1) is 20.6. The maximum Gasteiger partial charge on any atom is 0.232 e. The van der Waals surface area contributed by atoms with Gasteiger partial charge < -0.3 is 9.73 Å². The topological polar surface area (TPSA) is 72.2 Å². The molecule has 8 heteroatoms. The van der Waals surface area contributed by atoms with Gasteiger partial charge in [0.25, 0.3) is 0 Å². The molecule has 0 aliphatic rings. The Balaban J connectivity index is 1.58. The molecule has 3 aromatic rings.